The maximum Gasteiger partial charge on any atom is 0.311 e. The van der Waals surface area contributed by atoms with Crippen LogP contribution in [0.15, 0.2) is 18.2 Å². The van der Waals surface area contributed by atoms with Gasteiger partial charge in [-0.2, -0.15) is 0 Å². The Hall–Kier alpha value is -1.99. The van der Waals surface area contributed by atoms with Crippen molar-refractivity contribution >= 4 is 12.0 Å². The summed E-state index contributed by atoms with van der Waals surface area (Å²) in [5.74, 6) is 0.117. The molecule has 0 N–H and O–H groups in total. The molecule has 0 aliphatic heterocycles. The van der Waals surface area contributed by atoms with E-state index in [-0.39, 0.29) is 23.6 Å². The molecule has 1 aromatic rings. The Labute approximate surface area is 110 Å². The fourth-order valence-corrected chi connectivity index (χ4v) is 1.33. The molecule has 0 aromatic heterocycles. The van der Waals surface area contributed by atoms with Crippen molar-refractivity contribution in [2.75, 3.05) is 33.5 Å². The van der Waals surface area contributed by atoms with E-state index in [1.807, 2.05) is 0 Å². The fraction of sp³-hybridized carbons (Fsp3) is 0.417. The molecule has 0 saturated carbocycles. The lowest BCUT2D eigenvalue weighted by atomic mass is 10.2. The summed E-state index contributed by atoms with van der Waals surface area (Å²) in [5.41, 5.74) is -0.00288. The summed E-state index contributed by atoms with van der Waals surface area (Å²) >= 11 is 0. The van der Waals surface area contributed by atoms with Crippen LogP contribution in [0.2, 0.25) is 0 Å². The highest BCUT2D eigenvalue weighted by atomic mass is 16.6. The quantitative estimate of drug-likeness (QED) is 0.292. The van der Waals surface area contributed by atoms with E-state index in [1.165, 1.54) is 18.2 Å². The van der Waals surface area contributed by atoms with Gasteiger partial charge in [-0.05, 0) is 12.1 Å². The monoisotopic (exact) mass is 269 g/mol. The van der Waals surface area contributed by atoms with E-state index < -0.39 is 4.92 Å². The standard InChI is InChI=1S/C12H15NO6/c1-17-4-5-18-6-7-19-12-3-2-10(9-14)8-11(12)13(15)16/h2-3,8-9H,4-7H2,1H3. The van der Waals surface area contributed by atoms with Gasteiger partial charge >= 0.3 is 5.69 Å². The predicted molar refractivity (Wildman–Crippen MR) is 66.7 cm³/mol. The Bertz CT molecular complexity index is 434. The van der Waals surface area contributed by atoms with Crippen molar-refractivity contribution in [3.63, 3.8) is 0 Å². The van der Waals surface area contributed by atoms with Crippen molar-refractivity contribution < 1.29 is 23.9 Å². The first-order valence-electron chi connectivity index (χ1n) is 5.62. The second kappa shape index (κ2) is 8.17. The zero-order valence-corrected chi connectivity index (χ0v) is 10.5. The lowest BCUT2D eigenvalue weighted by Gasteiger charge is -2.07. The minimum Gasteiger partial charge on any atom is -0.484 e. The van der Waals surface area contributed by atoms with Crippen LogP contribution < -0.4 is 4.74 Å². The molecule has 0 saturated heterocycles. The summed E-state index contributed by atoms with van der Waals surface area (Å²) in [4.78, 5) is 20.8. The molecule has 104 valence electrons. The lowest BCUT2D eigenvalue weighted by Crippen LogP contribution is -2.10. The van der Waals surface area contributed by atoms with Gasteiger partial charge in [-0.25, -0.2) is 0 Å². The van der Waals surface area contributed by atoms with E-state index >= 15 is 0 Å². The number of hydrogen-bond donors (Lipinski definition) is 0. The minimum atomic E-state index is -0.589. The topological polar surface area (TPSA) is 87.9 Å². The van der Waals surface area contributed by atoms with Gasteiger partial charge < -0.3 is 14.2 Å². The number of carbonyl (C=O) groups excluding carboxylic acids is 1. The van der Waals surface area contributed by atoms with Gasteiger partial charge in [-0.3, -0.25) is 14.9 Å². The molecule has 1 rings (SSSR count). The molecule has 0 radical (unpaired) electrons. The number of rotatable bonds is 9. The van der Waals surface area contributed by atoms with Crippen LogP contribution >= 0.6 is 0 Å². The van der Waals surface area contributed by atoms with Crippen molar-refractivity contribution in [2.45, 2.75) is 0 Å². The second-order valence-electron chi connectivity index (χ2n) is 3.56. The van der Waals surface area contributed by atoms with E-state index in [0.717, 1.165) is 0 Å². The van der Waals surface area contributed by atoms with Crippen LogP contribution in [0.4, 0.5) is 5.69 Å². The highest BCUT2D eigenvalue weighted by molar-refractivity contribution is 5.77. The summed E-state index contributed by atoms with van der Waals surface area (Å²) in [6.07, 6.45) is 0.546. The van der Waals surface area contributed by atoms with E-state index in [9.17, 15) is 14.9 Å². The third-order valence-electron chi connectivity index (χ3n) is 2.23. The molecule has 19 heavy (non-hydrogen) atoms. The van der Waals surface area contributed by atoms with Crippen LogP contribution in [0.25, 0.3) is 0 Å². The van der Waals surface area contributed by atoms with Gasteiger partial charge in [0.1, 0.15) is 12.9 Å². The molecule has 0 amide bonds. The van der Waals surface area contributed by atoms with E-state index in [0.29, 0.717) is 26.1 Å². The molecule has 0 heterocycles. The molecular formula is C12H15NO6. The Kier molecular flexibility index (Phi) is 6.48. The van der Waals surface area contributed by atoms with Gasteiger partial charge in [0.15, 0.2) is 5.75 Å². The number of aldehydes is 1. The molecule has 7 heteroatoms. The number of ether oxygens (including phenoxy) is 3. The van der Waals surface area contributed by atoms with Crippen molar-refractivity contribution in [3.05, 3.63) is 33.9 Å². The fourth-order valence-electron chi connectivity index (χ4n) is 1.33. The van der Waals surface area contributed by atoms with Gasteiger partial charge in [0.25, 0.3) is 0 Å². The van der Waals surface area contributed by atoms with Crippen LogP contribution in [0.5, 0.6) is 5.75 Å². The number of nitro benzene ring substituents is 1. The van der Waals surface area contributed by atoms with Crippen molar-refractivity contribution in [1.82, 2.24) is 0 Å². The molecule has 0 atom stereocenters. The Morgan fingerprint density at radius 3 is 2.63 bits per heavy atom. The van der Waals surface area contributed by atoms with Gasteiger partial charge in [-0.15, -0.1) is 0 Å². The van der Waals surface area contributed by atoms with Crippen LogP contribution in [-0.4, -0.2) is 44.7 Å². The normalized spacial score (nSPS) is 10.2. The van der Waals surface area contributed by atoms with E-state index in [2.05, 4.69) is 0 Å². The average Bonchev–Trinajstić information content (AvgIpc) is 2.42. The van der Waals surface area contributed by atoms with Crippen LogP contribution in [-0.2, 0) is 9.47 Å². The summed E-state index contributed by atoms with van der Waals surface area (Å²) in [6, 6.07) is 4.03. The molecule has 7 nitrogen and oxygen atoms in total. The number of hydrogen-bond acceptors (Lipinski definition) is 6. The summed E-state index contributed by atoms with van der Waals surface area (Å²) in [7, 11) is 1.57. The van der Waals surface area contributed by atoms with Crippen LogP contribution in [0.3, 0.4) is 0 Å². The molecule has 0 unspecified atom stereocenters. The third kappa shape index (κ3) is 5.02. The Morgan fingerprint density at radius 2 is 2.00 bits per heavy atom. The molecule has 0 aliphatic rings. The van der Waals surface area contributed by atoms with Crippen molar-refractivity contribution in [3.8, 4) is 5.75 Å². The molecule has 0 spiro atoms. The number of methoxy groups -OCH3 is 1. The molecular weight excluding hydrogens is 254 g/mol. The summed E-state index contributed by atoms with van der Waals surface area (Å²) in [5, 5.41) is 10.8. The number of nitro groups is 1. The maximum atomic E-state index is 10.8. The van der Waals surface area contributed by atoms with E-state index in [1.54, 1.807) is 7.11 Å². The minimum absolute atomic E-state index is 0.117. The molecule has 0 bridgehead atoms. The van der Waals surface area contributed by atoms with Gasteiger partial charge in [0.2, 0.25) is 0 Å². The smallest absolute Gasteiger partial charge is 0.311 e. The van der Waals surface area contributed by atoms with Crippen LogP contribution in [0, 0.1) is 10.1 Å². The molecule has 0 aliphatic carbocycles. The first-order valence-corrected chi connectivity index (χ1v) is 5.62. The first kappa shape index (κ1) is 15.1. The average molecular weight is 269 g/mol. The Morgan fingerprint density at radius 1 is 1.26 bits per heavy atom. The third-order valence-corrected chi connectivity index (χ3v) is 2.23. The predicted octanol–water partition coefficient (Wildman–Crippen LogP) is 1.45. The highest BCUT2D eigenvalue weighted by Crippen LogP contribution is 2.27. The van der Waals surface area contributed by atoms with Crippen molar-refractivity contribution in [2.24, 2.45) is 0 Å². The van der Waals surface area contributed by atoms with E-state index in [4.69, 9.17) is 14.2 Å². The Balaban J connectivity index is 2.53. The van der Waals surface area contributed by atoms with Gasteiger partial charge in [0.05, 0.1) is 24.7 Å². The zero-order valence-electron chi connectivity index (χ0n) is 10.5. The lowest BCUT2D eigenvalue weighted by molar-refractivity contribution is -0.385. The largest absolute Gasteiger partial charge is 0.484 e. The molecule has 0 fully saturated rings. The van der Waals surface area contributed by atoms with Gasteiger partial charge in [-0.1, -0.05) is 0 Å². The highest BCUT2D eigenvalue weighted by Gasteiger charge is 2.15. The maximum absolute atomic E-state index is 10.8. The second-order valence-corrected chi connectivity index (χ2v) is 3.56. The SMILES string of the molecule is COCCOCCOc1ccc(C=O)cc1[N+](=O)[O-]. The number of nitrogens with zero attached hydrogens (tertiary/aromatic N) is 1. The first-order chi connectivity index (χ1) is 9.19. The molecule has 1 aromatic carbocycles. The zero-order chi connectivity index (χ0) is 14.1. The summed E-state index contributed by atoms with van der Waals surface area (Å²) < 4.78 is 15.2. The van der Waals surface area contributed by atoms with Gasteiger partial charge in [0, 0.05) is 18.7 Å². The summed E-state index contributed by atoms with van der Waals surface area (Å²) in [6.45, 7) is 1.40. The van der Waals surface area contributed by atoms with Crippen molar-refractivity contribution in [1.29, 1.82) is 0 Å². The van der Waals surface area contributed by atoms with Crippen LogP contribution in [0.1, 0.15) is 10.4 Å². The number of benzene rings is 1. The number of carbonyl (C=O) groups is 1.